The number of methoxy groups -OCH3 is 1. The fourth-order valence-corrected chi connectivity index (χ4v) is 3.38. The molecule has 0 spiro atoms. The van der Waals surface area contributed by atoms with Crippen molar-refractivity contribution in [1.29, 1.82) is 0 Å². The molecule has 1 heterocycles. The highest BCUT2D eigenvalue weighted by atomic mass is 79.9. The van der Waals surface area contributed by atoms with Crippen LogP contribution >= 0.6 is 27.3 Å². The van der Waals surface area contributed by atoms with Crippen LogP contribution in [0.25, 0.3) is 0 Å². The van der Waals surface area contributed by atoms with Crippen LogP contribution in [0.15, 0.2) is 6.20 Å². The number of alkyl halides is 1. The van der Waals surface area contributed by atoms with Gasteiger partial charge in [0, 0.05) is 0 Å². The van der Waals surface area contributed by atoms with E-state index in [1.165, 1.54) is 37.7 Å². The molecule has 1 aliphatic rings. The Balaban J connectivity index is 2.08. The molecule has 0 bridgehead atoms. The summed E-state index contributed by atoms with van der Waals surface area (Å²) in [7, 11) is 1.39. The van der Waals surface area contributed by atoms with Crippen molar-refractivity contribution in [3.8, 4) is 0 Å². The summed E-state index contributed by atoms with van der Waals surface area (Å²) in [5.74, 6) is 0.383. The fourth-order valence-electron chi connectivity index (χ4n) is 1.54. The molecule has 1 aromatic rings. The van der Waals surface area contributed by atoms with Crippen molar-refractivity contribution in [3.05, 3.63) is 16.1 Å². The third-order valence-electron chi connectivity index (χ3n) is 2.71. The minimum Gasteiger partial charge on any atom is -0.465 e. The number of esters is 1. The van der Waals surface area contributed by atoms with Crippen molar-refractivity contribution in [1.82, 2.24) is 4.98 Å². The lowest BCUT2D eigenvalue weighted by Gasteiger charge is -2.28. The van der Waals surface area contributed by atoms with Crippen molar-refractivity contribution in [2.45, 2.75) is 24.1 Å². The maximum atomic E-state index is 11.2. The summed E-state index contributed by atoms with van der Waals surface area (Å²) in [4.78, 5) is 16.4. The van der Waals surface area contributed by atoms with Crippen LogP contribution in [0.4, 0.5) is 0 Å². The molecule has 15 heavy (non-hydrogen) atoms. The second-order valence-electron chi connectivity index (χ2n) is 3.65. The van der Waals surface area contributed by atoms with Gasteiger partial charge in [0.05, 0.1) is 18.1 Å². The van der Waals surface area contributed by atoms with Crippen molar-refractivity contribution < 1.29 is 9.53 Å². The molecule has 1 fully saturated rings. The van der Waals surface area contributed by atoms with Crippen LogP contribution in [0.1, 0.15) is 38.8 Å². The van der Waals surface area contributed by atoms with E-state index >= 15 is 0 Å². The first-order valence-corrected chi connectivity index (χ1v) is 6.63. The zero-order chi connectivity index (χ0) is 10.8. The lowest BCUT2D eigenvalue weighted by molar-refractivity contribution is 0.0606. The number of carbonyl (C=O) groups excluding carboxylic acids is 1. The molecule has 0 saturated heterocycles. The Morgan fingerprint density at radius 3 is 3.00 bits per heavy atom. The molecule has 2 rings (SSSR count). The molecule has 1 saturated carbocycles. The van der Waals surface area contributed by atoms with E-state index in [1.54, 1.807) is 6.20 Å². The lowest BCUT2D eigenvalue weighted by atomic mass is 9.83. The highest BCUT2D eigenvalue weighted by Crippen LogP contribution is 2.44. The van der Waals surface area contributed by atoms with Crippen LogP contribution in [0.5, 0.6) is 0 Å². The first kappa shape index (κ1) is 11.1. The monoisotopic (exact) mass is 289 g/mol. The molecule has 0 amide bonds. The van der Waals surface area contributed by atoms with E-state index in [0.29, 0.717) is 15.6 Å². The predicted molar refractivity (Wildman–Crippen MR) is 62.5 cm³/mol. The Hall–Kier alpha value is -0.420. The van der Waals surface area contributed by atoms with Crippen molar-refractivity contribution in [2.75, 3.05) is 7.11 Å². The second kappa shape index (κ2) is 4.61. The van der Waals surface area contributed by atoms with E-state index in [0.717, 1.165) is 5.01 Å². The number of ether oxygens (including phenoxy) is 1. The van der Waals surface area contributed by atoms with Gasteiger partial charge in [0.25, 0.3) is 0 Å². The molecule has 0 N–H and O–H groups in total. The summed E-state index contributed by atoms with van der Waals surface area (Å²) in [6, 6.07) is 0. The number of rotatable bonds is 3. The number of nitrogens with zero attached hydrogens (tertiary/aromatic N) is 1. The van der Waals surface area contributed by atoms with E-state index in [9.17, 15) is 4.79 Å². The number of aromatic nitrogens is 1. The standard InChI is InChI=1S/C10H12BrNO2S/c1-14-10(13)7-5-12-9(15-7)8(11)6-3-2-4-6/h5-6,8H,2-4H2,1H3. The van der Waals surface area contributed by atoms with Gasteiger partial charge in [0.2, 0.25) is 0 Å². The Kier molecular flexibility index (Phi) is 3.41. The van der Waals surface area contributed by atoms with Gasteiger partial charge >= 0.3 is 5.97 Å². The number of halogens is 1. The summed E-state index contributed by atoms with van der Waals surface area (Å²) in [6.45, 7) is 0. The molecule has 3 nitrogen and oxygen atoms in total. The SMILES string of the molecule is COC(=O)c1cnc(C(Br)C2CCC2)s1. The van der Waals surface area contributed by atoms with E-state index in [2.05, 4.69) is 25.7 Å². The molecule has 1 atom stereocenters. The van der Waals surface area contributed by atoms with Gasteiger partial charge in [-0.2, -0.15) is 0 Å². The molecule has 1 aliphatic carbocycles. The molecule has 0 radical (unpaired) electrons. The van der Waals surface area contributed by atoms with Crippen LogP contribution in [-0.4, -0.2) is 18.1 Å². The number of carbonyl (C=O) groups is 1. The third-order valence-corrected chi connectivity index (χ3v) is 5.25. The van der Waals surface area contributed by atoms with E-state index in [4.69, 9.17) is 0 Å². The van der Waals surface area contributed by atoms with Gasteiger partial charge in [0.1, 0.15) is 9.88 Å². The average molecular weight is 290 g/mol. The van der Waals surface area contributed by atoms with Crippen LogP contribution < -0.4 is 0 Å². The van der Waals surface area contributed by atoms with E-state index < -0.39 is 0 Å². The third kappa shape index (κ3) is 2.23. The molecule has 5 heteroatoms. The number of thiazole rings is 1. The van der Waals surface area contributed by atoms with Crippen molar-refractivity contribution >= 4 is 33.2 Å². The Bertz CT molecular complexity index is 362. The maximum absolute atomic E-state index is 11.2. The summed E-state index contributed by atoms with van der Waals surface area (Å²) < 4.78 is 4.65. The Morgan fingerprint density at radius 2 is 2.47 bits per heavy atom. The Morgan fingerprint density at radius 1 is 1.73 bits per heavy atom. The minimum absolute atomic E-state index is 0.299. The molecular weight excluding hydrogens is 278 g/mol. The first-order valence-electron chi connectivity index (χ1n) is 4.90. The van der Waals surface area contributed by atoms with Crippen LogP contribution in [-0.2, 0) is 4.74 Å². The van der Waals surface area contributed by atoms with Gasteiger partial charge in [-0.3, -0.25) is 0 Å². The van der Waals surface area contributed by atoms with Crippen LogP contribution in [0.2, 0.25) is 0 Å². The summed E-state index contributed by atoms with van der Waals surface area (Å²) in [6.07, 6.45) is 5.41. The first-order chi connectivity index (χ1) is 7.22. The zero-order valence-corrected chi connectivity index (χ0v) is 10.8. The number of hydrogen-bond acceptors (Lipinski definition) is 4. The molecule has 0 aliphatic heterocycles. The highest BCUT2D eigenvalue weighted by molar-refractivity contribution is 9.09. The maximum Gasteiger partial charge on any atom is 0.349 e. The van der Waals surface area contributed by atoms with Gasteiger partial charge in [0.15, 0.2) is 0 Å². The largest absolute Gasteiger partial charge is 0.465 e. The predicted octanol–water partition coefficient (Wildman–Crippen LogP) is 3.17. The van der Waals surface area contributed by atoms with Crippen molar-refractivity contribution in [3.63, 3.8) is 0 Å². The summed E-state index contributed by atoms with van der Waals surface area (Å²) in [5.41, 5.74) is 0. The highest BCUT2D eigenvalue weighted by Gasteiger charge is 2.29. The average Bonchev–Trinajstić information content (AvgIpc) is 2.62. The molecule has 1 aromatic heterocycles. The smallest absolute Gasteiger partial charge is 0.349 e. The van der Waals surface area contributed by atoms with Gasteiger partial charge in [-0.1, -0.05) is 22.4 Å². The summed E-state index contributed by atoms with van der Waals surface area (Å²) in [5, 5.41) is 0.986. The minimum atomic E-state index is -0.299. The number of hydrogen-bond donors (Lipinski definition) is 0. The zero-order valence-electron chi connectivity index (χ0n) is 8.40. The topological polar surface area (TPSA) is 39.2 Å². The molecule has 82 valence electrons. The normalized spacial score (nSPS) is 18.3. The van der Waals surface area contributed by atoms with E-state index in [-0.39, 0.29) is 5.97 Å². The second-order valence-corrected chi connectivity index (χ2v) is 5.70. The van der Waals surface area contributed by atoms with Gasteiger partial charge in [-0.25, -0.2) is 9.78 Å². The van der Waals surface area contributed by atoms with Gasteiger partial charge < -0.3 is 4.74 Å². The quantitative estimate of drug-likeness (QED) is 0.634. The summed E-state index contributed by atoms with van der Waals surface area (Å²) >= 11 is 5.06. The molecule has 1 unspecified atom stereocenters. The van der Waals surface area contributed by atoms with E-state index in [1.807, 2.05) is 0 Å². The molecular formula is C10H12BrNO2S. The van der Waals surface area contributed by atoms with Gasteiger partial charge in [-0.15, -0.1) is 11.3 Å². The Labute approximate surface area is 101 Å². The van der Waals surface area contributed by atoms with Crippen molar-refractivity contribution in [2.24, 2.45) is 5.92 Å². The molecule has 0 aromatic carbocycles. The lowest BCUT2D eigenvalue weighted by Crippen LogP contribution is -2.15. The van der Waals surface area contributed by atoms with Crippen LogP contribution in [0, 0.1) is 5.92 Å². The van der Waals surface area contributed by atoms with Crippen LogP contribution in [0.3, 0.4) is 0 Å². The fraction of sp³-hybridized carbons (Fsp3) is 0.600. The van der Waals surface area contributed by atoms with Gasteiger partial charge in [-0.05, 0) is 18.8 Å².